The summed E-state index contributed by atoms with van der Waals surface area (Å²) in [5.74, 6) is 0.106. The Morgan fingerprint density at radius 1 is 0.833 bits per heavy atom. The van der Waals surface area contributed by atoms with E-state index in [1.807, 2.05) is 30.4 Å². The normalized spacial score (nSPS) is 14.3. The molecule has 0 aromatic heterocycles. The van der Waals surface area contributed by atoms with Crippen LogP contribution in [0.5, 0.6) is 0 Å². The van der Waals surface area contributed by atoms with E-state index in [0.717, 1.165) is 21.6 Å². The predicted molar refractivity (Wildman–Crippen MR) is 72.6 cm³/mol. The molecule has 18 heavy (non-hydrogen) atoms. The number of hydrogen-bond donors (Lipinski definition) is 0. The van der Waals surface area contributed by atoms with Crippen LogP contribution in [0.4, 0.5) is 0 Å². The molecule has 2 aliphatic carbocycles. The summed E-state index contributed by atoms with van der Waals surface area (Å²) in [7, 11) is 0. The van der Waals surface area contributed by atoms with Crippen molar-refractivity contribution in [3.63, 3.8) is 0 Å². The number of hydrogen-bond acceptors (Lipinski definition) is 1. The van der Waals surface area contributed by atoms with Crippen LogP contribution >= 0.6 is 0 Å². The minimum absolute atomic E-state index is 0.106. The highest BCUT2D eigenvalue weighted by Crippen LogP contribution is 2.28. The van der Waals surface area contributed by atoms with E-state index in [2.05, 4.69) is 24.3 Å². The first-order chi connectivity index (χ1) is 8.84. The Balaban J connectivity index is 2.20. The summed E-state index contributed by atoms with van der Waals surface area (Å²) in [4.78, 5) is 12.1. The average molecular weight is 230 g/mol. The van der Waals surface area contributed by atoms with Gasteiger partial charge in [0.15, 0.2) is 5.78 Å². The summed E-state index contributed by atoms with van der Waals surface area (Å²) in [6.45, 7) is 0. The Hall–Kier alpha value is -2.41. The van der Waals surface area contributed by atoms with Crippen molar-refractivity contribution in [2.45, 2.75) is 0 Å². The van der Waals surface area contributed by atoms with E-state index in [1.54, 1.807) is 6.08 Å². The number of benzene rings is 2. The lowest BCUT2D eigenvalue weighted by atomic mass is 9.93. The standard InChI is InChI=1S/C17H10O/c18-15-7-3-5-11-8-9-13-10-12-4-1-2-6-14(12)16(13)17(11)15/h1-10H. The third-order valence-corrected chi connectivity index (χ3v) is 3.58. The SMILES string of the molecule is O=C1C=CC=c2ccc3c(c21)-c1ccccc1C=3. The number of carbonyl (C=O) groups excluding carboxylic acids is 1. The smallest absolute Gasteiger partial charge is 0.187 e. The highest BCUT2D eigenvalue weighted by atomic mass is 16.1. The fraction of sp³-hybridized carbons (Fsp3) is 0. The summed E-state index contributed by atoms with van der Waals surface area (Å²) < 4.78 is 0. The monoisotopic (exact) mass is 230 g/mol. The van der Waals surface area contributed by atoms with Gasteiger partial charge >= 0.3 is 0 Å². The molecule has 84 valence electrons. The van der Waals surface area contributed by atoms with Gasteiger partial charge in [0.2, 0.25) is 0 Å². The van der Waals surface area contributed by atoms with Gasteiger partial charge in [-0.1, -0.05) is 48.6 Å². The summed E-state index contributed by atoms with van der Waals surface area (Å²) >= 11 is 0. The van der Waals surface area contributed by atoms with Crippen molar-refractivity contribution in [3.8, 4) is 11.1 Å². The number of allylic oxidation sites excluding steroid dienone is 2. The zero-order chi connectivity index (χ0) is 12.1. The molecule has 0 atom stereocenters. The zero-order valence-corrected chi connectivity index (χ0v) is 9.68. The Kier molecular flexibility index (Phi) is 1.76. The van der Waals surface area contributed by atoms with Gasteiger partial charge in [0.25, 0.3) is 0 Å². The van der Waals surface area contributed by atoms with Crippen LogP contribution in [0.15, 0.2) is 48.6 Å². The summed E-state index contributed by atoms with van der Waals surface area (Å²) in [5.41, 5.74) is 4.30. The molecule has 0 aliphatic heterocycles. The van der Waals surface area contributed by atoms with Crippen molar-refractivity contribution in [3.05, 3.63) is 70.1 Å². The van der Waals surface area contributed by atoms with Crippen molar-refractivity contribution in [2.75, 3.05) is 0 Å². The van der Waals surface area contributed by atoms with Crippen molar-refractivity contribution >= 4 is 17.9 Å². The van der Waals surface area contributed by atoms with Gasteiger partial charge in [0, 0.05) is 11.1 Å². The third-order valence-electron chi connectivity index (χ3n) is 3.58. The van der Waals surface area contributed by atoms with Crippen molar-refractivity contribution in [1.82, 2.24) is 0 Å². The Morgan fingerprint density at radius 3 is 2.61 bits per heavy atom. The van der Waals surface area contributed by atoms with E-state index in [1.165, 1.54) is 11.1 Å². The predicted octanol–water partition coefficient (Wildman–Crippen LogP) is 2.03. The third kappa shape index (κ3) is 1.13. The van der Waals surface area contributed by atoms with Crippen LogP contribution in [0.3, 0.4) is 0 Å². The molecule has 1 heteroatoms. The molecular formula is C17H10O. The largest absolute Gasteiger partial charge is 0.289 e. The molecule has 2 aromatic carbocycles. The maximum absolute atomic E-state index is 12.1. The topological polar surface area (TPSA) is 17.1 Å². The average Bonchev–Trinajstić information content (AvgIpc) is 2.77. The number of fused-ring (bicyclic) bond motifs is 5. The molecule has 0 spiro atoms. The van der Waals surface area contributed by atoms with Gasteiger partial charge in [-0.3, -0.25) is 4.79 Å². The number of carbonyl (C=O) groups is 1. The second-order valence-corrected chi connectivity index (χ2v) is 4.62. The van der Waals surface area contributed by atoms with E-state index in [0.29, 0.717) is 0 Å². The fourth-order valence-electron chi connectivity index (χ4n) is 2.79. The summed E-state index contributed by atoms with van der Waals surface area (Å²) in [6, 6.07) is 12.3. The van der Waals surface area contributed by atoms with Crippen molar-refractivity contribution in [2.24, 2.45) is 0 Å². The lowest BCUT2D eigenvalue weighted by Crippen LogP contribution is -2.22. The minimum atomic E-state index is 0.106. The minimum Gasteiger partial charge on any atom is -0.289 e. The van der Waals surface area contributed by atoms with E-state index in [4.69, 9.17) is 0 Å². The second-order valence-electron chi connectivity index (χ2n) is 4.62. The van der Waals surface area contributed by atoms with Gasteiger partial charge in [-0.05, 0) is 33.7 Å². The second kappa shape index (κ2) is 3.30. The Labute approximate surface area is 104 Å². The van der Waals surface area contributed by atoms with E-state index in [-0.39, 0.29) is 5.78 Å². The van der Waals surface area contributed by atoms with Gasteiger partial charge in [-0.2, -0.15) is 0 Å². The van der Waals surface area contributed by atoms with Gasteiger partial charge < -0.3 is 0 Å². The van der Waals surface area contributed by atoms with Crippen LogP contribution in [0, 0.1) is 0 Å². The first kappa shape index (κ1) is 9.60. The molecule has 2 aromatic rings. The van der Waals surface area contributed by atoms with E-state index in [9.17, 15) is 4.79 Å². The van der Waals surface area contributed by atoms with Gasteiger partial charge in [0.05, 0.1) is 0 Å². The molecular weight excluding hydrogens is 220 g/mol. The van der Waals surface area contributed by atoms with Gasteiger partial charge in [-0.25, -0.2) is 0 Å². The van der Waals surface area contributed by atoms with Crippen molar-refractivity contribution in [1.29, 1.82) is 0 Å². The first-order valence-electron chi connectivity index (χ1n) is 6.01. The summed E-state index contributed by atoms with van der Waals surface area (Å²) in [5, 5.41) is 2.17. The first-order valence-corrected chi connectivity index (χ1v) is 6.01. The maximum atomic E-state index is 12.1. The number of ketones is 1. The quantitative estimate of drug-likeness (QED) is 0.577. The lowest BCUT2D eigenvalue weighted by Gasteiger charge is -2.09. The molecule has 0 amide bonds. The van der Waals surface area contributed by atoms with Crippen LogP contribution in [0.1, 0.15) is 15.9 Å². The molecule has 0 unspecified atom stereocenters. The Bertz CT molecular complexity index is 838. The van der Waals surface area contributed by atoms with Crippen LogP contribution in [-0.2, 0) is 0 Å². The molecule has 0 saturated carbocycles. The molecule has 0 radical (unpaired) electrons. The molecule has 0 N–H and O–H groups in total. The van der Waals surface area contributed by atoms with E-state index < -0.39 is 0 Å². The van der Waals surface area contributed by atoms with Crippen molar-refractivity contribution < 1.29 is 4.79 Å². The number of rotatable bonds is 0. The Morgan fingerprint density at radius 2 is 1.67 bits per heavy atom. The van der Waals surface area contributed by atoms with Crippen LogP contribution < -0.4 is 10.4 Å². The highest BCUT2D eigenvalue weighted by molar-refractivity contribution is 6.12. The molecule has 1 nitrogen and oxygen atoms in total. The lowest BCUT2D eigenvalue weighted by molar-refractivity contribution is 0.104. The molecule has 0 fully saturated rings. The summed E-state index contributed by atoms with van der Waals surface area (Å²) in [6.07, 6.45) is 7.61. The van der Waals surface area contributed by atoms with E-state index >= 15 is 0 Å². The maximum Gasteiger partial charge on any atom is 0.187 e. The van der Waals surface area contributed by atoms with Gasteiger partial charge in [-0.15, -0.1) is 0 Å². The molecule has 4 rings (SSSR count). The molecule has 2 aliphatic rings. The fourth-order valence-corrected chi connectivity index (χ4v) is 2.79. The molecule has 0 saturated heterocycles. The highest BCUT2D eigenvalue weighted by Gasteiger charge is 2.20. The molecule has 0 heterocycles. The zero-order valence-electron chi connectivity index (χ0n) is 9.68. The van der Waals surface area contributed by atoms with Crippen LogP contribution in [0.2, 0.25) is 0 Å². The molecule has 0 bridgehead atoms. The van der Waals surface area contributed by atoms with Gasteiger partial charge in [0.1, 0.15) is 0 Å². The van der Waals surface area contributed by atoms with Crippen LogP contribution in [0.25, 0.3) is 23.3 Å². The van der Waals surface area contributed by atoms with Crippen LogP contribution in [-0.4, -0.2) is 5.78 Å².